The van der Waals surface area contributed by atoms with E-state index in [4.69, 9.17) is 0 Å². The summed E-state index contributed by atoms with van der Waals surface area (Å²) in [7, 11) is 0. The second kappa shape index (κ2) is 8.42. The Kier molecular flexibility index (Phi) is 6.55. The number of anilines is 1. The molecular formula is C17H29FN4. The normalized spacial score (nSPS) is 17.1. The highest BCUT2D eigenvalue weighted by molar-refractivity contribution is 5.37. The number of piperidine rings is 1. The smallest absolute Gasteiger partial charge is 0.186 e. The van der Waals surface area contributed by atoms with Gasteiger partial charge < -0.3 is 10.2 Å². The molecule has 5 heteroatoms. The zero-order chi connectivity index (χ0) is 15.9. The zero-order valence-corrected chi connectivity index (χ0v) is 14.1. The van der Waals surface area contributed by atoms with Crippen molar-refractivity contribution in [3.8, 4) is 0 Å². The monoisotopic (exact) mass is 308 g/mol. The number of nitrogens with one attached hydrogen (secondary N) is 1. The van der Waals surface area contributed by atoms with E-state index in [0.717, 1.165) is 25.6 Å². The fourth-order valence-corrected chi connectivity index (χ4v) is 2.87. The highest BCUT2D eigenvalue weighted by Gasteiger charge is 2.19. The highest BCUT2D eigenvalue weighted by Crippen LogP contribution is 2.20. The number of rotatable bonds is 7. The minimum absolute atomic E-state index is 0.292. The van der Waals surface area contributed by atoms with Crippen LogP contribution in [-0.2, 0) is 6.42 Å². The van der Waals surface area contributed by atoms with Crippen LogP contribution >= 0.6 is 0 Å². The van der Waals surface area contributed by atoms with Crippen molar-refractivity contribution >= 4 is 5.82 Å². The third kappa shape index (κ3) is 4.90. The highest BCUT2D eigenvalue weighted by atomic mass is 19.1. The molecule has 0 unspecified atom stereocenters. The molecule has 2 rings (SSSR count). The Labute approximate surface area is 133 Å². The van der Waals surface area contributed by atoms with E-state index in [-0.39, 0.29) is 5.82 Å². The van der Waals surface area contributed by atoms with Crippen molar-refractivity contribution in [2.45, 2.75) is 46.5 Å². The summed E-state index contributed by atoms with van der Waals surface area (Å²) in [6.45, 7) is 10.8. The lowest BCUT2D eigenvalue weighted by atomic mass is 9.96. The number of halogens is 1. The summed E-state index contributed by atoms with van der Waals surface area (Å²) >= 11 is 0. The predicted molar refractivity (Wildman–Crippen MR) is 88.5 cm³/mol. The molecule has 0 aromatic carbocycles. The quantitative estimate of drug-likeness (QED) is 0.838. The van der Waals surface area contributed by atoms with Gasteiger partial charge in [0.15, 0.2) is 11.6 Å². The summed E-state index contributed by atoms with van der Waals surface area (Å²) in [6, 6.07) is 0. The minimum atomic E-state index is -0.292. The van der Waals surface area contributed by atoms with Gasteiger partial charge in [-0.05, 0) is 57.2 Å². The average Bonchev–Trinajstić information content (AvgIpc) is 2.53. The maximum Gasteiger partial charge on any atom is 0.186 e. The number of nitrogens with zero attached hydrogens (tertiary/aromatic N) is 3. The first-order valence-electron chi connectivity index (χ1n) is 8.55. The Morgan fingerprint density at radius 3 is 2.68 bits per heavy atom. The number of aromatic nitrogens is 2. The Morgan fingerprint density at radius 2 is 2.05 bits per heavy atom. The molecule has 1 fully saturated rings. The van der Waals surface area contributed by atoms with E-state index in [1.165, 1.54) is 32.1 Å². The summed E-state index contributed by atoms with van der Waals surface area (Å²) in [5.74, 6) is 1.44. The van der Waals surface area contributed by atoms with Gasteiger partial charge in [0, 0.05) is 6.54 Å². The van der Waals surface area contributed by atoms with Gasteiger partial charge in [-0.25, -0.2) is 14.4 Å². The van der Waals surface area contributed by atoms with Crippen LogP contribution in [0.4, 0.5) is 10.2 Å². The molecule has 1 aromatic rings. The second-order valence-electron chi connectivity index (χ2n) is 6.68. The fraction of sp³-hybridized carbons (Fsp3) is 0.765. The van der Waals surface area contributed by atoms with Gasteiger partial charge in [0.2, 0.25) is 0 Å². The van der Waals surface area contributed by atoms with Crippen molar-refractivity contribution in [2.75, 3.05) is 31.5 Å². The van der Waals surface area contributed by atoms with E-state index < -0.39 is 0 Å². The summed E-state index contributed by atoms with van der Waals surface area (Å²) in [4.78, 5) is 10.5. The van der Waals surface area contributed by atoms with Crippen molar-refractivity contribution in [3.63, 3.8) is 0 Å². The van der Waals surface area contributed by atoms with E-state index in [1.54, 1.807) is 0 Å². The molecule has 1 N–H and O–H groups in total. The standard InChI is InChI=1S/C17H29FN4/c1-4-15-16(18)17(21-12-20-15)19-11-14-6-9-22(10-7-14)8-5-13(2)3/h12-14H,4-11H2,1-3H3,(H,19,20,21). The second-order valence-corrected chi connectivity index (χ2v) is 6.68. The number of likely N-dealkylation sites (tertiary alicyclic amines) is 1. The molecule has 0 aliphatic carbocycles. The van der Waals surface area contributed by atoms with Crippen LogP contribution in [0, 0.1) is 17.7 Å². The van der Waals surface area contributed by atoms with Gasteiger partial charge in [0.1, 0.15) is 6.33 Å². The molecule has 124 valence electrons. The first kappa shape index (κ1) is 17.1. The predicted octanol–water partition coefficient (Wildman–Crippen LogP) is 3.35. The summed E-state index contributed by atoms with van der Waals surface area (Å²) in [5, 5.41) is 3.18. The molecular weight excluding hydrogens is 279 g/mol. The van der Waals surface area contributed by atoms with Crippen LogP contribution in [0.25, 0.3) is 0 Å². The van der Waals surface area contributed by atoms with Gasteiger partial charge in [-0.2, -0.15) is 0 Å². The molecule has 0 atom stereocenters. The summed E-state index contributed by atoms with van der Waals surface area (Å²) in [6.07, 6.45) is 5.67. The Hall–Kier alpha value is -1.23. The largest absolute Gasteiger partial charge is 0.367 e. The molecule has 0 radical (unpaired) electrons. The van der Waals surface area contributed by atoms with E-state index in [1.807, 2.05) is 6.92 Å². The van der Waals surface area contributed by atoms with Crippen molar-refractivity contribution < 1.29 is 4.39 Å². The number of hydrogen-bond acceptors (Lipinski definition) is 4. The van der Waals surface area contributed by atoms with Crippen molar-refractivity contribution in [3.05, 3.63) is 17.8 Å². The lowest BCUT2D eigenvalue weighted by molar-refractivity contribution is 0.181. The lowest BCUT2D eigenvalue weighted by Crippen LogP contribution is -2.36. The number of aryl methyl sites for hydroxylation is 1. The third-order valence-corrected chi connectivity index (χ3v) is 4.48. The van der Waals surface area contributed by atoms with E-state index >= 15 is 0 Å². The van der Waals surface area contributed by atoms with Gasteiger partial charge in [0.25, 0.3) is 0 Å². The van der Waals surface area contributed by atoms with Gasteiger partial charge in [0.05, 0.1) is 5.69 Å². The van der Waals surface area contributed by atoms with Crippen molar-refractivity contribution in [1.82, 2.24) is 14.9 Å². The molecule has 0 spiro atoms. The Bertz CT molecular complexity index is 456. The molecule has 2 heterocycles. The molecule has 0 bridgehead atoms. The van der Waals surface area contributed by atoms with E-state index in [2.05, 4.69) is 34.0 Å². The Balaban J connectivity index is 1.75. The molecule has 22 heavy (non-hydrogen) atoms. The Morgan fingerprint density at radius 1 is 1.32 bits per heavy atom. The van der Waals surface area contributed by atoms with Crippen LogP contribution in [0.2, 0.25) is 0 Å². The topological polar surface area (TPSA) is 41.1 Å². The number of hydrogen-bond donors (Lipinski definition) is 1. The van der Waals surface area contributed by atoms with Gasteiger partial charge in [-0.1, -0.05) is 20.8 Å². The SMILES string of the molecule is CCc1ncnc(NCC2CCN(CCC(C)C)CC2)c1F. The molecule has 1 aliphatic heterocycles. The first-order valence-corrected chi connectivity index (χ1v) is 8.55. The molecule has 0 amide bonds. The van der Waals surface area contributed by atoms with E-state index in [0.29, 0.717) is 23.9 Å². The average molecular weight is 308 g/mol. The van der Waals surface area contributed by atoms with Crippen LogP contribution < -0.4 is 5.32 Å². The molecule has 0 saturated carbocycles. The first-order chi connectivity index (χ1) is 10.6. The maximum absolute atomic E-state index is 14.1. The van der Waals surface area contributed by atoms with Gasteiger partial charge >= 0.3 is 0 Å². The summed E-state index contributed by atoms with van der Waals surface area (Å²) < 4.78 is 14.1. The lowest BCUT2D eigenvalue weighted by Gasteiger charge is -2.32. The zero-order valence-electron chi connectivity index (χ0n) is 14.1. The maximum atomic E-state index is 14.1. The summed E-state index contributed by atoms with van der Waals surface area (Å²) in [5.41, 5.74) is 0.487. The van der Waals surface area contributed by atoms with Gasteiger partial charge in [-0.3, -0.25) is 0 Å². The van der Waals surface area contributed by atoms with Gasteiger partial charge in [-0.15, -0.1) is 0 Å². The van der Waals surface area contributed by atoms with Crippen LogP contribution in [0.1, 0.15) is 45.7 Å². The van der Waals surface area contributed by atoms with Crippen molar-refractivity contribution in [2.24, 2.45) is 11.8 Å². The van der Waals surface area contributed by atoms with Crippen molar-refractivity contribution in [1.29, 1.82) is 0 Å². The van der Waals surface area contributed by atoms with Crippen LogP contribution in [0.5, 0.6) is 0 Å². The fourth-order valence-electron chi connectivity index (χ4n) is 2.87. The molecule has 1 aromatic heterocycles. The van der Waals surface area contributed by atoms with E-state index in [9.17, 15) is 4.39 Å². The molecule has 1 saturated heterocycles. The van der Waals surface area contributed by atoms with Crippen LogP contribution in [0.3, 0.4) is 0 Å². The minimum Gasteiger partial charge on any atom is -0.367 e. The molecule has 4 nitrogen and oxygen atoms in total. The third-order valence-electron chi connectivity index (χ3n) is 4.48. The van der Waals surface area contributed by atoms with Crippen LogP contribution in [0.15, 0.2) is 6.33 Å². The van der Waals surface area contributed by atoms with Crippen LogP contribution in [-0.4, -0.2) is 41.0 Å². The molecule has 1 aliphatic rings.